The second-order valence-electron chi connectivity index (χ2n) is 9.29. The molecule has 0 aliphatic heterocycles. The molecule has 0 saturated carbocycles. The van der Waals surface area contributed by atoms with Crippen LogP contribution in [-0.4, -0.2) is 35.0 Å². The summed E-state index contributed by atoms with van der Waals surface area (Å²) in [6, 6.07) is 9.87. The summed E-state index contributed by atoms with van der Waals surface area (Å²) in [6.45, 7) is 0.00769. The number of nitrogens with one attached hydrogen (secondary N) is 2. The molecule has 1 aromatic heterocycles. The van der Waals surface area contributed by atoms with Gasteiger partial charge in [0, 0.05) is 28.7 Å². The number of aromatic nitrogens is 1. The van der Waals surface area contributed by atoms with E-state index in [2.05, 4.69) is 10.3 Å². The lowest BCUT2D eigenvalue weighted by Crippen LogP contribution is -2.50. The molecule has 0 saturated heterocycles. The van der Waals surface area contributed by atoms with Crippen molar-refractivity contribution in [3.63, 3.8) is 0 Å². The molecule has 3 aromatic carbocycles. The minimum atomic E-state index is -6.21. The molecule has 44 heavy (non-hydrogen) atoms. The molecule has 4 aromatic rings. The van der Waals surface area contributed by atoms with Gasteiger partial charge in [0.2, 0.25) is 0 Å². The minimum absolute atomic E-state index is 0.0389. The van der Waals surface area contributed by atoms with Crippen molar-refractivity contribution in [2.24, 2.45) is 0 Å². The first-order chi connectivity index (χ1) is 20.3. The highest BCUT2D eigenvalue weighted by atomic mass is 35.5. The van der Waals surface area contributed by atoms with E-state index in [9.17, 15) is 53.1 Å². The van der Waals surface area contributed by atoms with Gasteiger partial charge in [-0.3, -0.25) is 0 Å². The zero-order chi connectivity index (χ0) is 33.1. The van der Waals surface area contributed by atoms with Crippen LogP contribution in [0.4, 0.5) is 48.3 Å². The molecule has 4 rings (SSSR count). The SMILES string of the molecule is Fc1ccc(CCNCc2ccc(C(F)(C(F)(F)F)C(F)(F)F)cc2)cc1C(F)(F)F.O=C(O)c1cc(Cl)cc2cc[nH]c12. The van der Waals surface area contributed by atoms with Gasteiger partial charge in [-0.25, -0.2) is 13.6 Å². The highest BCUT2D eigenvalue weighted by molar-refractivity contribution is 6.32. The average Bonchev–Trinajstić information content (AvgIpc) is 3.38. The molecule has 0 unspecified atom stereocenters. The molecule has 4 nitrogen and oxygen atoms in total. The second-order valence-corrected chi connectivity index (χ2v) is 9.73. The Morgan fingerprint density at radius 3 is 1.95 bits per heavy atom. The number of aromatic carboxylic acids is 1. The summed E-state index contributed by atoms with van der Waals surface area (Å²) in [6.07, 6.45) is -15.6. The molecule has 238 valence electrons. The Bertz CT molecular complexity index is 1580. The van der Waals surface area contributed by atoms with Gasteiger partial charge in [-0.05, 0) is 54.4 Å². The van der Waals surface area contributed by atoms with Crippen LogP contribution < -0.4 is 5.32 Å². The van der Waals surface area contributed by atoms with Crippen LogP contribution in [0.3, 0.4) is 0 Å². The number of H-pyrrole nitrogens is 1. The number of hydrogen-bond acceptors (Lipinski definition) is 2. The molecule has 0 aliphatic rings. The Kier molecular flexibility index (Phi) is 10.3. The Labute approximate surface area is 246 Å². The zero-order valence-corrected chi connectivity index (χ0v) is 22.6. The first-order valence-electron chi connectivity index (χ1n) is 12.2. The largest absolute Gasteiger partial charge is 0.478 e. The Balaban J connectivity index is 0.000000335. The highest BCUT2D eigenvalue weighted by Crippen LogP contribution is 2.53. The Morgan fingerprint density at radius 1 is 0.818 bits per heavy atom. The van der Waals surface area contributed by atoms with Gasteiger partial charge >= 0.3 is 30.2 Å². The summed E-state index contributed by atoms with van der Waals surface area (Å²) in [5.41, 5.74) is -7.39. The van der Waals surface area contributed by atoms with Crippen LogP contribution in [0.2, 0.25) is 5.02 Å². The maximum absolute atomic E-state index is 13.9. The van der Waals surface area contributed by atoms with Crippen molar-refractivity contribution < 1.29 is 58.2 Å². The fraction of sp³-hybridized carbons (Fsp3) is 0.250. The number of carboxylic acids is 1. The molecule has 1 heterocycles. The maximum Gasteiger partial charge on any atom is 0.435 e. The number of hydrogen-bond donors (Lipinski definition) is 3. The van der Waals surface area contributed by atoms with E-state index >= 15 is 0 Å². The molecule has 0 fully saturated rings. The number of carboxylic acid groups (broad SMARTS) is 1. The number of benzene rings is 3. The van der Waals surface area contributed by atoms with Crippen LogP contribution in [0.25, 0.3) is 10.9 Å². The first kappa shape index (κ1) is 34.6. The summed E-state index contributed by atoms with van der Waals surface area (Å²) in [7, 11) is 0. The summed E-state index contributed by atoms with van der Waals surface area (Å²) in [5, 5.41) is 12.8. The van der Waals surface area contributed by atoms with E-state index in [0.717, 1.165) is 23.6 Å². The molecule has 0 atom stereocenters. The standard InChI is InChI=1S/C19H14F11N.C9H6ClNO2/c20-15-6-3-11(9-14(15)17(22,23)24)7-8-31-10-12-1-4-13(5-2-12)16(21,18(25,26)27)19(28,29)30;10-6-3-5-1-2-11-8(5)7(4-6)9(12)13/h1-6,9,31H,7-8,10H2;1-4,11H,(H,12,13). The van der Waals surface area contributed by atoms with Gasteiger partial charge in [0.05, 0.1) is 16.6 Å². The lowest BCUT2D eigenvalue weighted by atomic mass is 9.93. The van der Waals surface area contributed by atoms with Gasteiger partial charge in [-0.2, -0.15) is 39.5 Å². The number of alkyl halides is 10. The molecule has 0 amide bonds. The van der Waals surface area contributed by atoms with Crippen LogP contribution in [0, 0.1) is 5.82 Å². The lowest BCUT2D eigenvalue weighted by molar-refractivity contribution is -0.348. The average molecular weight is 661 g/mol. The quantitative estimate of drug-likeness (QED) is 0.137. The molecular weight excluding hydrogens is 641 g/mol. The van der Waals surface area contributed by atoms with E-state index in [-0.39, 0.29) is 36.2 Å². The van der Waals surface area contributed by atoms with Crippen molar-refractivity contribution in [1.82, 2.24) is 10.3 Å². The highest BCUT2D eigenvalue weighted by Gasteiger charge is 2.73. The predicted molar refractivity (Wildman–Crippen MR) is 138 cm³/mol. The maximum atomic E-state index is 13.9. The van der Waals surface area contributed by atoms with Crippen LogP contribution in [0.5, 0.6) is 0 Å². The van der Waals surface area contributed by atoms with Crippen molar-refractivity contribution in [3.05, 3.63) is 106 Å². The van der Waals surface area contributed by atoms with E-state index in [4.69, 9.17) is 16.7 Å². The molecule has 0 radical (unpaired) electrons. The third-order valence-corrected chi connectivity index (χ3v) is 6.46. The van der Waals surface area contributed by atoms with Gasteiger partial charge in [0.25, 0.3) is 0 Å². The van der Waals surface area contributed by atoms with Gasteiger partial charge in [-0.15, -0.1) is 0 Å². The minimum Gasteiger partial charge on any atom is -0.478 e. The lowest BCUT2D eigenvalue weighted by Gasteiger charge is -2.30. The van der Waals surface area contributed by atoms with Crippen molar-refractivity contribution in [1.29, 1.82) is 0 Å². The van der Waals surface area contributed by atoms with Gasteiger partial charge in [-0.1, -0.05) is 41.9 Å². The molecule has 16 heteroatoms. The normalized spacial score (nSPS) is 12.6. The van der Waals surface area contributed by atoms with Crippen molar-refractivity contribution in [2.45, 2.75) is 37.2 Å². The van der Waals surface area contributed by atoms with Crippen LogP contribution in [0.1, 0.15) is 32.6 Å². The molecule has 0 bridgehead atoms. The van der Waals surface area contributed by atoms with Crippen molar-refractivity contribution in [2.75, 3.05) is 6.54 Å². The predicted octanol–water partition coefficient (Wildman–Crippen LogP) is 8.99. The molecule has 3 N–H and O–H groups in total. The van der Waals surface area contributed by atoms with Gasteiger partial charge in [0.15, 0.2) is 0 Å². The van der Waals surface area contributed by atoms with Crippen LogP contribution in [0.15, 0.2) is 66.9 Å². The molecule has 0 aliphatic carbocycles. The fourth-order valence-electron chi connectivity index (χ4n) is 4.05. The molecule has 0 spiro atoms. The van der Waals surface area contributed by atoms with Gasteiger partial charge < -0.3 is 15.4 Å². The zero-order valence-electron chi connectivity index (χ0n) is 21.9. The van der Waals surface area contributed by atoms with Gasteiger partial charge in [0.1, 0.15) is 5.82 Å². The Hall–Kier alpha value is -3.85. The number of carbonyl (C=O) groups is 1. The number of fused-ring (bicyclic) bond motifs is 1. The fourth-order valence-corrected chi connectivity index (χ4v) is 4.28. The van der Waals surface area contributed by atoms with Crippen LogP contribution >= 0.6 is 11.6 Å². The summed E-state index contributed by atoms with van der Waals surface area (Å²) in [5.74, 6) is -2.40. The third kappa shape index (κ3) is 7.80. The Morgan fingerprint density at radius 2 is 1.41 bits per heavy atom. The second kappa shape index (κ2) is 13.0. The molecular formula is C28H20ClF11N2O2. The summed E-state index contributed by atoms with van der Waals surface area (Å²) < 4.78 is 142. The van der Waals surface area contributed by atoms with E-state index in [0.29, 0.717) is 34.8 Å². The topological polar surface area (TPSA) is 65.1 Å². The van der Waals surface area contributed by atoms with Crippen molar-refractivity contribution in [3.8, 4) is 0 Å². The van der Waals surface area contributed by atoms with E-state index in [1.807, 2.05) is 0 Å². The summed E-state index contributed by atoms with van der Waals surface area (Å²) >= 11 is 5.75. The van der Waals surface area contributed by atoms with E-state index in [1.54, 1.807) is 18.3 Å². The van der Waals surface area contributed by atoms with E-state index in [1.165, 1.54) is 6.07 Å². The number of aromatic amines is 1. The number of halogens is 12. The number of rotatable bonds is 7. The first-order valence-corrected chi connectivity index (χ1v) is 12.6. The summed E-state index contributed by atoms with van der Waals surface area (Å²) in [4.78, 5) is 13.6. The van der Waals surface area contributed by atoms with Crippen molar-refractivity contribution >= 4 is 28.5 Å². The van der Waals surface area contributed by atoms with E-state index < -0.39 is 47.1 Å². The smallest absolute Gasteiger partial charge is 0.435 e. The third-order valence-electron chi connectivity index (χ3n) is 6.24. The van der Waals surface area contributed by atoms with Crippen LogP contribution in [-0.2, 0) is 24.8 Å². The monoisotopic (exact) mass is 660 g/mol.